The van der Waals surface area contributed by atoms with Crippen molar-refractivity contribution in [3.05, 3.63) is 24.3 Å². The van der Waals surface area contributed by atoms with Crippen LogP contribution in [0.2, 0.25) is 0 Å². The van der Waals surface area contributed by atoms with Crippen LogP contribution >= 0.6 is 0 Å². The van der Waals surface area contributed by atoms with E-state index in [4.69, 9.17) is 5.73 Å². The fraction of sp³-hybridized carbons (Fsp3) is 0.571. The van der Waals surface area contributed by atoms with Crippen molar-refractivity contribution in [3.63, 3.8) is 0 Å². The molecular formula is C14H21N7O3. The second-order valence-electron chi connectivity index (χ2n) is 6.10. The van der Waals surface area contributed by atoms with Crippen LogP contribution in [0, 0.1) is 6.92 Å². The van der Waals surface area contributed by atoms with Crippen LogP contribution in [0.4, 0.5) is 5.95 Å². The van der Waals surface area contributed by atoms with Gasteiger partial charge in [0.1, 0.15) is 6.54 Å². The summed E-state index contributed by atoms with van der Waals surface area (Å²) in [4.78, 5) is 15.9. The van der Waals surface area contributed by atoms with Crippen molar-refractivity contribution in [1.82, 2.24) is 29.9 Å². The Balaban J connectivity index is 1.60. The number of nitrogen functional groups attached to an aromatic ring is 1. The minimum Gasteiger partial charge on any atom is -0.391 e. The van der Waals surface area contributed by atoms with Crippen molar-refractivity contribution in [3.8, 4) is 0 Å². The number of imidazole rings is 1. The lowest BCUT2D eigenvalue weighted by Crippen LogP contribution is -2.52. The number of aliphatic hydroxyl groups excluding tert-OH is 2. The molecular weight excluding hydrogens is 314 g/mol. The smallest absolute Gasteiger partial charge is 0.240 e. The maximum atomic E-state index is 12.1. The molecule has 2 heterocycles. The van der Waals surface area contributed by atoms with E-state index in [0.717, 1.165) is 5.69 Å². The zero-order chi connectivity index (χ0) is 17.3. The van der Waals surface area contributed by atoms with Gasteiger partial charge in [-0.05, 0) is 13.3 Å². The fourth-order valence-corrected chi connectivity index (χ4v) is 2.99. The van der Waals surface area contributed by atoms with Gasteiger partial charge in [0.15, 0.2) is 0 Å². The monoisotopic (exact) mass is 335 g/mol. The van der Waals surface area contributed by atoms with Crippen LogP contribution in [0.5, 0.6) is 0 Å². The first-order valence-electron chi connectivity index (χ1n) is 7.74. The molecule has 10 heteroatoms. The van der Waals surface area contributed by atoms with Crippen molar-refractivity contribution >= 4 is 11.9 Å². The van der Waals surface area contributed by atoms with Gasteiger partial charge in [-0.15, -0.1) is 5.10 Å². The van der Waals surface area contributed by atoms with Crippen molar-refractivity contribution in [2.75, 3.05) is 5.73 Å². The highest BCUT2D eigenvalue weighted by Gasteiger charge is 2.37. The summed E-state index contributed by atoms with van der Waals surface area (Å²) in [6.07, 6.45) is 3.82. The van der Waals surface area contributed by atoms with E-state index >= 15 is 0 Å². The van der Waals surface area contributed by atoms with E-state index in [9.17, 15) is 15.0 Å². The molecule has 1 saturated carbocycles. The van der Waals surface area contributed by atoms with Crippen molar-refractivity contribution < 1.29 is 15.0 Å². The molecule has 0 aliphatic heterocycles. The SMILES string of the molecule is Cc1cn(C2CC(O)C(NC(=O)Cn3ccnc3N)CC2O)nn1. The molecule has 0 bridgehead atoms. The first kappa shape index (κ1) is 16.4. The minimum atomic E-state index is -0.785. The van der Waals surface area contributed by atoms with Gasteiger partial charge < -0.3 is 25.8 Å². The van der Waals surface area contributed by atoms with Gasteiger partial charge in [0.2, 0.25) is 11.9 Å². The standard InChI is InChI=1S/C14H21N7O3/c1-8-6-21(19-18-8)10-5-11(22)9(4-12(10)23)17-13(24)7-20-3-2-16-14(20)15/h2-3,6,9-12,22-23H,4-5,7H2,1H3,(H2,15,16)(H,17,24). The average Bonchev–Trinajstić information content (AvgIpc) is 3.12. The molecule has 1 amide bonds. The number of aliphatic hydroxyl groups is 2. The molecule has 24 heavy (non-hydrogen) atoms. The molecule has 130 valence electrons. The summed E-state index contributed by atoms with van der Waals surface area (Å²) < 4.78 is 3.06. The van der Waals surface area contributed by atoms with E-state index in [-0.39, 0.29) is 37.3 Å². The molecule has 4 unspecified atom stereocenters. The van der Waals surface area contributed by atoms with Crippen LogP contribution in [0.25, 0.3) is 0 Å². The summed E-state index contributed by atoms with van der Waals surface area (Å²) in [7, 11) is 0. The maximum Gasteiger partial charge on any atom is 0.240 e. The molecule has 0 aromatic carbocycles. The molecule has 1 aliphatic rings. The quantitative estimate of drug-likeness (QED) is 0.538. The predicted molar refractivity (Wildman–Crippen MR) is 83.6 cm³/mol. The number of nitrogens with two attached hydrogens (primary N) is 1. The number of amides is 1. The first-order valence-corrected chi connectivity index (χ1v) is 7.74. The molecule has 1 aliphatic carbocycles. The van der Waals surface area contributed by atoms with Crippen LogP contribution in [-0.4, -0.2) is 58.9 Å². The van der Waals surface area contributed by atoms with E-state index in [2.05, 4.69) is 20.6 Å². The number of hydrogen-bond acceptors (Lipinski definition) is 7. The topological polar surface area (TPSA) is 144 Å². The zero-order valence-corrected chi connectivity index (χ0v) is 13.3. The third-order valence-electron chi connectivity index (χ3n) is 4.26. The highest BCUT2D eigenvalue weighted by Crippen LogP contribution is 2.29. The van der Waals surface area contributed by atoms with Gasteiger partial charge in [-0.25, -0.2) is 9.67 Å². The van der Waals surface area contributed by atoms with Crippen molar-refractivity contribution in [2.24, 2.45) is 0 Å². The summed E-state index contributed by atoms with van der Waals surface area (Å²) in [5.74, 6) is -0.0537. The van der Waals surface area contributed by atoms with Crippen LogP contribution in [-0.2, 0) is 11.3 Å². The lowest BCUT2D eigenvalue weighted by Gasteiger charge is -2.37. The Morgan fingerprint density at radius 2 is 2.21 bits per heavy atom. The fourth-order valence-electron chi connectivity index (χ4n) is 2.99. The number of aryl methyl sites for hydroxylation is 1. The molecule has 0 spiro atoms. The normalized spacial score (nSPS) is 27.1. The van der Waals surface area contributed by atoms with Gasteiger partial charge in [-0.1, -0.05) is 5.21 Å². The Kier molecular flexibility index (Phi) is 4.49. The van der Waals surface area contributed by atoms with Crippen molar-refractivity contribution in [2.45, 2.75) is 50.6 Å². The molecule has 3 rings (SSSR count). The number of anilines is 1. The Morgan fingerprint density at radius 1 is 1.42 bits per heavy atom. The summed E-state index contributed by atoms with van der Waals surface area (Å²) in [5, 5.41) is 31.3. The van der Waals surface area contributed by atoms with E-state index in [1.165, 1.54) is 10.8 Å². The van der Waals surface area contributed by atoms with Crippen LogP contribution in [0.3, 0.4) is 0 Å². The summed E-state index contributed by atoms with van der Waals surface area (Å²) in [6.45, 7) is 1.82. The number of aromatic nitrogens is 5. The first-order chi connectivity index (χ1) is 11.4. The molecule has 10 nitrogen and oxygen atoms in total. The maximum absolute atomic E-state index is 12.1. The van der Waals surface area contributed by atoms with Gasteiger partial charge >= 0.3 is 0 Å². The third-order valence-corrected chi connectivity index (χ3v) is 4.26. The Hall–Kier alpha value is -2.46. The molecule has 0 radical (unpaired) electrons. The van der Waals surface area contributed by atoms with Gasteiger partial charge in [0.05, 0.1) is 30.0 Å². The van der Waals surface area contributed by atoms with Crippen LogP contribution < -0.4 is 11.1 Å². The Morgan fingerprint density at radius 3 is 2.83 bits per heavy atom. The number of rotatable bonds is 4. The highest BCUT2D eigenvalue weighted by atomic mass is 16.3. The zero-order valence-electron chi connectivity index (χ0n) is 13.3. The van der Waals surface area contributed by atoms with E-state index in [0.29, 0.717) is 0 Å². The molecule has 2 aromatic heterocycles. The largest absolute Gasteiger partial charge is 0.391 e. The van der Waals surface area contributed by atoms with Gasteiger partial charge in [0, 0.05) is 25.0 Å². The molecule has 1 fully saturated rings. The van der Waals surface area contributed by atoms with Gasteiger partial charge in [-0.2, -0.15) is 0 Å². The van der Waals surface area contributed by atoms with Gasteiger partial charge in [-0.3, -0.25) is 4.79 Å². The molecule has 5 N–H and O–H groups in total. The van der Waals surface area contributed by atoms with Crippen molar-refractivity contribution in [1.29, 1.82) is 0 Å². The number of nitrogens with zero attached hydrogens (tertiary/aromatic N) is 5. The van der Waals surface area contributed by atoms with Crippen LogP contribution in [0.1, 0.15) is 24.6 Å². The lowest BCUT2D eigenvalue weighted by atomic mass is 9.86. The predicted octanol–water partition coefficient (Wildman–Crippen LogP) is -1.39. The second kappa shape index (κ2) is 6.57. The molecule has 4 atom stereocenters. The number of hydrogen-bond donors (Lipinski definition) is 4. The highest BCUT2D eigenvalue weighted by molar-refractivity contribution is 5.76. The Labute approximate surface area is 138 Å². The van der Waals surface area contributed by atoms with Gasteiger partial charge in [0.25, 0.3) is 0 Å². The lowest BCUT2D eigenvalue weighted by molar-refractivity contribution is -0.124. The molecule has 2 aromatic rings. The summed E-state index contributed by atoms with van der Waals surface area (Å²) >= 11 is 0. The number of carbonyl (C=O) groups excluding carboxylic acids is 1. The average molecular weight is 335 g/mol. The Bertz CT molecular complexity index is 713. The summed E-state index contributed by atoms with van der Waals surface area (Å²) in [5.41, 5.74) is 6.36. The number of nitrogens with one attached hydrogen (secondary N) is 1. The number of carbonyl (C=O) groups is 1. The van der Waals surface area contributed by atoms with E-state index < -0.39 is 18.2 Å². The van der Waals surface area contributed by atoms with E-state index in [1.807, 2.05) is 0 Å². The third kappa shape index (κ3) is 3.39. The summed E-state index contributed by atoms with van der Waals surface area (Å²) in [6, 6.07) is -0.892. The van der Waals surface area contributed by atoms with Crippen LogP contribution in [0.15, 0.2) is 18.6 Å². The van der Waals surface area contributed by atoms with E-state index in [1.54, 1.807) is 24.0 Å². The minimum absolute atomic E-state index is 0.0108. The molecule has 0 saturated heterocycles. The second-order valence-corrected chi connectivity index (χ2v) is 6.10.